The molecule has 0 fully saturated rings. The van der Waals surface area contributed by atoms with E-state index in [0.717, 1.165) is 37.4 Å². The van der Waals surface area contributed by atoms with Gasteiger partial charge in [0.2, 0.25) is 0 Å². The summed E-state index contributed by atoms with van der Waals surface area (Å²) in [5.74, 6) is 0. The van der Waals surface area contributed by atoms with E-state index in [0.29, 0.717) is 0 Å². The molecule has 0 spiro atoms. The van der Waals surface area contributed by atoms with E-state index in [1.54, 1.807) is 11.3 Å². The average Bonchev–Trinajstić information content (AvgIpc) is 2.93. The lowest BCUT2D eigenvalue weighted by Crippen LogP contribution is -2.11. The number of aryl methyl sites for hydroxylation is 3. The summed E-state index contributed by atoms with van der Waals surface area (Å²) in [6.45, 7) is 6.97. The van der Waals surface area contributed by atoms with Gasteiger partial charge in [0.25, 0.3) is 0 Å². The van der Waals surface area contributed by atoms with Crippen LogP contribution in [0, 0.1) is 6.92 Å². The Morgan fingerprint density at radius 2 is 2.29 bits per heavy atom. The second-order valence-electron chi connectivity index (χ2n) is 3.99. The molecule has 0 aliphatic carbocycles. The van der Waals surface area contributed by atoms with Crippen LogP contribution in [0.3, 0.4) is 0 Å². The Hall–Kier alpha value is -1.20. The molecule has 2 aromatic rings. The van der Waals surface area contributed by atoms with Crippen molar-refractivity contribution in [3.63, 3.8) is 0 Å². The summed E-state index contributed by atoms with van der Waals surface area (Å²) in [6.07, 6.45) is 5.05. The van der Waals surface area contributed by atoms with Gasteiger partial charge in [0.05, 0.1) is 23.2 Å². The maximum Gasteiger partial charge on any atom is 0.0950 e. The van der Waals surface area contributed by atoms with Gasteiger partial charge in [-0.25, -0.2) is 9.97 Å². The maximum absolute atomic E-state index is 4.36. The highest BCUT2D eigenvalue weighted by Crippen LogP contribution is 2.13. The van der Waals surface area contributed by atoms with Crippen molar-refractivity contribution in [2.45, 2.75) is 33.4 Å². The lowest BCUT2D eigenvalue weighted by molar-refractivity contribution is 0.691. The molecule has 92 valence electrons. The first kappa shape index (κ1) is 12.3. The van der Waals surface area contributed by atoms with Gasteiger partial charge in [0.1, 0.15) is 0 Å². The van der Waals surface area contributed by atoms with Crippen molar-refractivity contribution in [3.05, 3.63) is 34.3 Å². The molecular formula is C12H18N4S. The number of nitrogens with zero attached hydrogens (tertiary/aromatic N) is 3. The first-order valence-corrected chi connectivity index (χ1v) is 6.78. The number of hydrogen-bond acceptors (Lipinski definition) is 4. The van der Waals surface area contributed by atoms with E-state index in [-0.39, 0.29) is 0 Å². The van der Waals surface area contributed by atoms with Gasteiger partial charge in [0.15, 0.2) is 0 Å². The van der Waals surface area contributed by atoms with E-state index >= 15 is 0 Å². The fraction of sp³-hybridized carbons (Fsp3) is 0.500. The molecule has 0 unspecified atom stereocenters. The fourth-order valence-electron chi connectivity index (χ4n) is 1.67. The van der Waals surface area contributed by atoms with Crippen LogP contribution in [-0.2, 0) is 19.5 Å². The van der Waals surface area contributed by atoms with Gasteiger partial charge in [0, 0.05) is 30.6 Å². The number of imidazole rings is 1. The third-order valence-corrected chi connectivity index (χ3v) is 3.68. The third kappa shape index (κ3) is 3.38. The molecule has 0 amide bonds. The molecule has 0 radical (unpaired) electrons. The summed E-state index contributed by atoms with van der Waals surface area (Å²) in [5, 5.41) is 3.27. The maximum atomic E-state index is 4.36. The van der Waals surface area contributed by atoms with Crippen LogP contribution < -0.4 is 5.32 Å². The average molecular weight is 250 g/mol. The van der Waals surface area contributed by atoms with E-state index in [1.807, 2.05) is 11.8 Å². The van der Waals surface area contributed by atoms with Crippen LogP contribution in [0.15, 0.2) is 18.0 Å². The Labute approximate surface area is 106 Å². The van der Waals surface area contributed by atoms with Gasteiger partial charge in [-0.3, -0.25) is 0 Å². The minimum Gasteiger partial charge on any atom is -0.337 e. The van der Waals surface area contributed by atoms with Gasteiger partial charge < -0.3 is 9.88 Å². The summed E-state index contributed by atoms with van der Waals surface area (Å²) in [7, 11) is 0. The molecule has 0 atom stereocenters. The van der Waals surface area contributed by atoms with Crippen LogP contribution in [0.5, 0.6) is 0 Å². The van der Waals surface area contributed by atoms with Crippen molar-refractivity contribution in [2.75, 3.05) is 6.54 Å². The second-order valence-corrected chi connectivity index (χ2v) is 4.93. The van der Waals surface area contributed by atoms with Crippen molar-refractivity contribution < 1.29 is 0 Å². The first-order chi connectivity index (χ1) is 8.29. The summed E-state index contributed by atoms with van der Waals surface area (Å²) in [5.41, 5.74) is 4.17. The molecule has 0 bridgehead atoms. The highest BCUT2D eigenvalue weighted by Gasteiger charge is 2.02. The molecule has 2 heterocycles. The quantitative estimate of drug-likeness (QED) is 0.852. The van der Waals surface area contributed by atoms with Crippen molar-refractivity contribution in [3.8, 4) is 0 Å². The lowest BCUT2D eigenvalue weighted by atomic mass is 10.3. The van der Waals surface area contributed by atoms with Gasteiger partial charge in [-0.15, -0.1) is 11.3 Å². The Kier molecular flexibility index (Phi) is 4.28. The van der Waals surface area contributed by atoms with E-state index in [1.165, 1.54) is 4.88 Å². The van der Waals surface area contributed by atoms with Gasteiger partial charge in [-0.1, -0.05) is 6.92 Å². The van der Waals surface area contributed by atoms with Crippen LogP contribution in [-0.4, -0.2) is 21.1 Å². The topological polar surface area (TPSA) is 42.7 Å². The molecule has 5 heteroatoms. The summed E-state index contributed by atoms with van der Waals surface area (Å²) >= 11 is 1.73. The first-order valence-electron chi connectivity index (χ1n) is 5.90. The van der Waals surface area contributed by atoms with E-state index in [2.05, 4.69) is 39.9 Å². The smallest absolute Gasteiger partial charge is 0.0950 e. The minimum absolute atomic E-state index is 0.850. The zero-order valence-corrected chi connectivity index (χ0v) is 11.1. The lowest BCUT2D eigenvalue weighted by Gasteiger charge is -2.00. The number of hydrogen-bond donors (Lipinski definition) is 1. The van der Waals surface area contributed by atoms with E-state index in [4.69, 9.17) is 0 Å². The molecular weight excluding hydrogens is 232 g/mol. The molecule has 0 saturated carbocycles. The fourth-order valence-corrected chi connectivity index (χ4v) is 2.44. The Morgan fingerprint density at radius 1 is 1.41 bits per heavy atom. The molecule has 1 N–H and O–H groups in total. The summed E-state index contributed by atoms with van der Waals surface area (Å²) < 4.78 is 2.14. The Bertz CT molecular complexity index is 461. The van der Waals surface area contributed by atoms with E-state index < -0.39 is 0 Å². The van der Waals surface area contributed by atoms with Crippen molar-refractivity contribution >= 4 is 11.3 Å². The molecule has 17 heavy (non-hydrogen) atoms. The molecule has 2 rings (SSSR count). The summed E-state index contributed by atoms with van der Waals surface area (Å²) in [4.78, 5) is 9.99. The zero-order chi connectivity index (χ0) is 12.1. The molecule has 4 nitrogen and oxygen atoms in total. The third-order valence-electron chi connectivity index (χ3n) is 2.68. The molecule has 0 aliphatic heterocycles. The number of rotatable bonds is 6. The van der Waals surface area contributed by atoms with Crippen molar-refractivity contribution in [1.82, 2.24) is 19.9 Å². The number of thiazole rings is 1. The zero-order valence-electron chi connectivity index (χ0n) is 10.3. The monoisotopic (exact) mass is 250 g/mol. The molecule has 2 aromatic heterocycles. The van der Waals surface area contributed by atoms with Crippen molar-refractivity contribution in [1.29, 1.82) is 0 Å². The molecule has 0 aromatic carbocycles. The Balaban J connectivity index is 1.87. The van der Waals surface area contributed by atoms with Crippen LogP contribution in [0.25, 0.3) is 0 Å². The number of aromatic nitrogens is 3. The van der Waals surface area contributed by atoms with Gasteiger partial charge in [-0.05, 0) is 13.5 Å². The van der Waals surface area contributed by atoms with Crippen LogP contribution in [0.4, 0.5) is 0 Å². The normalized spacial score (nSPS) is 10.9. The molecule has 0 saturated heterocycles. The Morgan fingerprint density at radius 3 is 3.00 bits per heavy atom. The highest BCUT2D eigenvalue weighted by atomic mass is 32.1. The minimum atomic E-state index is 0.850. The van der Waals surface area contributed by atoms with Gasteiger partial charge >= 0.3 is 0 Å². The second kappa shape index (κ2) is 5.93. The number of nitrogens with one attached hydrogen (secondary N) is 1. The summed E-state index contributed by atoms with van der Waals surface area (Å²) in [6, 6.07) is 0. The predicted octanol–water partition coefficient (Wildman–Crippen LogP) is 2.00. The van der Waals surface area contributed by atoms with Crippen LogP contribution >= 0.6 is 11.3 Å². The van der Waals surface area contributed by atoms with Crippen LogP contribution in [0.1, 0.15) is 23.2 Å². The highest BCUT2D eigenvalue weighted by molar-refractivity contribution is 7.09. The van der Waals surface area contributed by atoms with Crippen molar-refractivity contribution in [2.24, 2.45) is 0 Å². The molecule has 0 aliphatic rings. The SMILES string of the molecule is CCNCc1cn(CCc2scnc2C)cn1. The van der Waals surface area contributed by atoms with Crippen LogP contribution in [0.2, 0.25) is 0 Å². The van der Waals surface area contributed by atoms with E-state index in [9.17, 15) is 0 Å². The van der Waals surface area contributed by atoms with Gasteiger partial charge in [-0.2, -0.15) is 0 Å². The largest absolute Gasteiger partial charge is 0.337 e. The standard InChI is InChI=1S/C12H18N4S/c1-3-13-6-11-7-16(8-14-11)5-4-12-10(2)15-9-17-12/h7-9,13H,3-6H2,1-2H3. The predicted molar refractivity (Wildman–Crippen MR) is 70.2 cm³/mol.